The van der Waals surface area contributed by atoms with E-state index in [1.54, 1.807) is 6.07 Å². The fourth-order valence-corrected chi connectivity index (χ4v) is 2.91. The normalized spacial score (nSPS) is 12.2. The second-order valence-electron chi connectivity index (χ2n) is 5.50. The van der Waals surface area contributed by atoms with E-state index >= 15 is 0 Å². The molecule has 0 heterocycles. The molecule has 1 unspecified atom stereocenters. The molecule has 0 aliphatic carbocycles. The number of nitrogens with one attached hydrogen (secondary N) is 1. The second-order valence-corrected chi connectivity index (χ2v) is 6.35. The number of carboxylic acids is 1. The minimum atomic E-state index is -0.820. The Bertz CT molecular complexity index is 488. The van der Waals surface area contributed by atoms with Gasteiger partial charge in [-0.2, -0.15) is 0 Å². The summed E-state index contributed by atoms with van der Waals surface area (Å²) in [5.41, 5.74) is 0.642. The summed E-state index contributed by atoms with van der Waals surface area (Å²) in [6.45, 7) is 4.51. The topological polar surface area (TPSA) is 66.4 Å². The van der Waals surface area contributed by atoms with Crippen molar-refractivity contribution < 1.29 is 14.7 Å². The Hall–Kier alpha value is -1.49. The van der Waals surface area contributed by atoms with E-state index < -0.39 is 5.97 Å². The maximum atomic E-state index is 12.2. The van der Waals surface area contributed by atoms with Crippen LogP contribution in [0.2, 0.25) is 0 Å². The number of benzene rings is 1. The molecule has 1 aromatic carbocycles. The van der Waals surface area contributed by atoms with E-state index in [0.29, 0.717) is 18.0 Å². The summed E-state index contributed by atoms with van der Waals surface area (Å²) in [6, 6.07) is 7.42. The molecule has 0 radical (unpaired) electrons. The third-order valence-electron chi connectivity index (χ3n) is 3.17. The van der Waals surface area contributed by atoms with Gasteiger partial charge in [0.05, 0.1) is 5.56 Å². The lowest BCUT2D eigenvalue weighted by atomic mass is 9.94. The highest BCUT2D eigenvalue weighted by atomic mass is 32.2. The molecule has 0 saturated heterocycles. The molecule has 21 heavy (non-hydrogen) atoms. The van der Waals surface area contributed by atoms with Gasteiger partial charge in [-0.25, -0.2) is 0 Å². The number of carboxylic acid groups (broad SMARTS) is 1. The maximum Gasteiger partial charge on any atom is 0.303 e. The van der Waals surface area contributed by atoms with E-state index in [1.165, 1.54) is 11.8 Å². The summed E-state index contributed by atoms with van der Waals surface area (Å²) in [5, 5.41) is 11.8. The Kier molecular flexibility index (Phi) is 7.29. The first-order valence-electron chi connectivity index (χ1n) is 7.07. The van der Waals surface area contributed by atoms with Crippen LogP contribution in [0.4, 0.5) is 0 Å². The molecular weight excluding hydrogens is 286 g/mol. The summed E-state index contributed by atoms with van der Waals surface area (Å²) >= 11 is 1.52. The monoisotopic (exact) mass is 309 g/mol. The van der Waals surface area contributed by atoms with Gasteiger partial charge in [0.1, 0.15) is 0 Å². The lowest BCUT2D eigenvalue weighted by molar-refractivity contribution is -0.138. The lowest BCUT2D eigenvalue weighted by Crippen LogP contribution is -2.31. The predicted octanol–water partition coefficient (Wildman–Crippen LogP) is 3.28. The van der Waals surface area contributed by atoms with Crippen molar-refractivity contribution in [3.05, 3.63) is 29.8 Å². The molecule has 0 bridgehead atoms. The number of hydrogen-bond acceptors (Lipinski definition) is 3. The number of carbonyl (C=O) groups is 2. The van der Waals surface area contributed by atoms with E-state index in [-0.39, 0.29) is 18.2 Å². The van der Waals surface area contributed by atoms with Crippen LogP contribution in [0.15, 0.2) is 29.2 Å². The third-order valence-corrected chi connectivity index (χ3v) is 3.97. The first-order valence-corrected chi connectivity index (χ1v) is 8.29. The molecule has 0 saturated carbocycles. The van der Waals surface area contributed by atoms with Crippen molar-refractivity contribution in [2.24, 2.45) is 11.8 Å². The van der Waals surface area contributed by atoms with Crippen molar-refractivity contribution >= 4 is 23.6 Å². The SMILES string of the molecule is CSc1ccccc1C(=O)NCC(CC(=O)O)CC(C)C. The maximum absolute atomic E-state index is 12.2. The minimum absolute atomic E-state index is 0.0344. The number of aliphatic carboxylic acids is 1. The van der Waals surface area contributed by atoms with Gasteiger partial charge in [0.15, 0.2) is 0 Å². The number of rotatable bonds is 8. The number of thioether (sulfide) groups is 1. The molecule has 1 aromatic rings. The first kappa shape index (κ1) is 17.6. The largest absolute Gasteiger partial charge is 0.481 e. The Morgan fingerprint density at radius 3 is 2.52 bits per heavy atom. The van der Waals surface area contributed by atoms with Crippen molar-refractivity contribution in [2.45, 2.75) is 31.6 Å². The van der Waals surface area contributed by atoms with Crippen LogP contribution < -0.4 is 5.32 Å². The first-order chi connectivity index (χ1) is 9.93. The van der Waals surface area contributed by atoms with E-state index in [0.717, 1.165) is 11.3 Å². The molecule has 5 heteroatoms. The minimum Gasteiger partial charge on any atom is -0.481 e. The number of carbonyl (C=O) groups excluding carboxylic acids is 1. The van der Waals surface area contributed by atoms with Crippen molar-refractivity contribution in [3.63, 3.8) is 0 Å². The Morgan fingerprint density at radius 2 is 1.95 bits per heavy atom. The van der Waals surface area contributed by atoms with Gasteiger partial charge in [-0.15, -0.1) is 11.8 Å². The smallest absolute Gasteiger partial charge is 0.303 e. The fraction of sp³-hybridized carbons (Fsp3) is 0.500. The van der Waals surface area contributed by atoms with Crippen LogP contribution >= 0.6 is 11.8 Å². The van der Waals surface area contributed by atoms with Crippen LogP contribution in [0.25, 0.3) is 0 Å². The summed E-state index contributed by atoms with van der Waals surface area (Å²) in [7, 11) is 0. The van der Waals surface area contributed by atoms with Crippen LogP contribution in [0.1, 0.15) is 37.0 Å². The number of hydrogen-bond donors (Lipinski definition) is 2. The molecule has 1 amide bonds. The molecule has 0 aliphatic heterocycles. The number of amides is 1. The van der Waals surface area contributed by atoms with Gasteiger partial charge >= 0.3 is 5.97 Å². The van der Waals surface area contributed by atoms with E-state index in [1.807, 2.05) is 24.5 Å². The molecule has 0 aromatic heterocycles. The van der Waals surface area contributed by atoms with Crippen LogP contribution in [0.5, 0.6) is 0 Å². The summed E-state index contributed by atoms with van der Waals surface area (Å²) < 4.78 is 0. The molecule has 1 rings (SSSR count). The highest BCUT2D eigenvalue weighted by Gasteiger charge is 2.17. The lowest BCUT2D eigenvalue weighted by Gasteiger charge is -2.18. The summed E-state index contributed by atoms with van der Waals surface area (Å²) in [4.78, 5) is 24.0. The van der Waals surface area contributed by atoms with Crippen molar-refractivity contribution in [1.82, 2.24) is 5.32 Å². The molecular formula is C16H23NO3S. The zero-order valence-corrected chi connectivity index (χ0v) is 13.6. The van der Waals surface area contributed by atoms with E-state index in [9.17, 15) is 9.59 Å². The van der Waals surface area contributed by atoms with E-state index in [2.05, 4.69) is 19.2 Å². The van der Waals surface area contributed by atoms with Crippen LogP contribution in [-0.2, 0) is 4.79 Å². The Morgan fingerprint density at radius 1 is 1.29 bits per heavy atom. The molecule has 116 valence electrons. The molecule has 0 spiro atoms. The summed E-state index contributed by atoms with van der Waals surface area (Å²) in [5.74, 6) is -0.587. The van der Waals surface area contributed by atoms with Crippen LogP contribution in [0.3, 0.4) is 0 Å². The molecule has 0 aliphatic rings. The average Bonchev–Trinajstić information content (AvgIpc) is 2.43. The van der Waals surface area contributed by atoms with Gasteiger partial charge in [0, 0.05) is 17.9 Å². The molecule has 0 fully saturated rings. The van der Waals surface area contributed by atoms with E-state index in [4.69, 9.17) is 5.11 Å². The molecule has 4 nitrogen and oxygen atoms in total. The predicted molar refractivity (Wildman–Crippen MR) is 85.8 cm³/mol. The van der Waals surface area contributed by atoms with Gasteiger partial charge in [-0.05, 0) is 36.6 Å². The summed E-state index contributed by atoms with van der Waals surface area (Å²) in [6.07, 6.45) is 2.80. The van der Waals surface area contributed by atoms with Gasteiger partial charge < -0.3 is 10.4 Å². The van der Waals surface area contributed by atoms with Crippen molar-refractivity contribution in [3.8, 4) is 0 Å². The third kappa shape index (κ3) is 6.21. The highest BCUT2D eigenvalue weighted by molar-refractivity contribution is 7.98. The van der Waals surface area contributed by atoms with Crippen LogP contribution in [-0.4, -0.2) is 29.8 Å². The Balaban J connectivity index is 2.66. The van der Waals surface area contributed by atoms with Gasteiger partial charge in [-0.1, -0.05) is 26.0 Å². The molecule has 1 atom stereocenters. The quantitative estimate of drug-likeness (QED) is 0.723. The van der Waals surface area contributed by atoms with Gasteiger partial charge in [0.2, 0.25) is 0 Å². The van der Waals surface area contributed by atoms with Crippen molar-refractivity contribution in [2.75, 3.05) is 12.8 Å². The van der Waals surface area contributed by atoms with Crippen LogP contribution in [0, 0.1) is 11.8 Å². The van der Waals surface area contributed by atoms with Crippen molar-refractivity contribution in [1.29, 1.82) is 0 Å². The van der Waals surface area contributed by atoms with Gasteiger partial charge in [-0.3, -0.25) is 9.59 Å². The zero-order chi connectivity index (χ0) is 15.8. The standard InChI is InChI=1S/C16H23NO3S/c1-11(2)8-12(9-15(18)19)10-17-16(20)13-6-4-5-7-14(13)21-3/h4-7,11-12H,8-10H2,1-3H3,(H,17,20)(H,18,19). The second kappa shape index (κ2) is 8.72. The average molecular weight is 309 g/mol. The fourth-order valence-electron chi connectivity index (χ4n) is 2.32. The Labute approximate surface area is 130 Å². The van der Waals surface area contributed by atoms with Gasteiger partial charge in [0.25, 0.3) is 5.91 Å². The zero-order valence-electron chi connectivity index (χ0n) is 12.8. The molecule has 2 N–H and O–H groups in total. The highest BCUT2D eigenvalue weighted by Crippen LogP contribution is 2.20.